The average Bonchev–Trinajstić information content (AvgIpc) is 2.36. The first-order valence-electron chi connectivity index (χ1n) is 6.81. The number of halogens is 3. The normalized spacial score (nSPS) is 15.4. The molecule has 0 amide bonds. The lowest BCUT2D eigenvalue weighted by Gasteiger charge is -2.23. The van der Waals surface area contributed by atoms with Crippen molar-refractivity contribution in [2.24, 2.45) is 11.7 Å². The van der Waals surface area contributed by atoms with Crippen LogP contribution in [-0.2, 0) is 6.18 Å². The van der Waals surface area contributed by atoms with Crippen molar-refractivity contribution in [3.8, 4) is 0 Å². The van der Waals surface area contributed by atoms with Gasteiger partial charge in [0.15, 0.2) is 0 Å². The maximum absolute atomic E-state index is 12.7. The van der Waals surface area contributed by atoms with Crippen molar-refractivity contribution in [3.63, 3.8) is 0 Å². The van der Waals surface area contributed by atoms with Gasteiger partial charge in [0, 0.05) is 12.5 Å². The molecule has 0 aliphatic heterocycles. The van der Waals surface area contributed by atoms with Gasteiger partial charge in [0.1, 0.15) is 0 Å². The third-order valence-corrected chi connectivity index (χ3v) is 3.40. The Bertz CT molecular complexity index is 418. The van der Waals surface area contributed by atoms with Crippen molar-refractivity contribution in [2.75, 3.05) is 6.54 Å². The van der Waals surface area contributed by atoms with Gasteiger partial charge in [0.2, 0.25) is 0 Å². The van der Waals surface area contributed by atoms with Crippen LogP contribution in [0.4, 0.5) is 13.2 Å². The first-order valence-corrected chi connectivity index (χ1v) is 6.81. The molecule has 3 N–H and O–H groups in total. The highest BCUT2D eigenvalue weighted by Crippen LogP contribution is 2.32. The molecule has 0 aliphatic rings. The van der Waals surface area contributed by atoms with E-state index < -0.39 is 23.8 Å². The van der Waals surface area contributed by atoms with Crippen LogP contribution in [0.2, 0.25) is 0 Å². The Kier molecular flexibility index (Phi) is 6.02. The molecular weight excluding hydrogens is 267 g/mol. The lowest BCUT2D eigenvalue weighted by molar-refractivity contribution is -0.137. The second kappa shape index (κ2) is 7.09. The monoisotopic (exact) mass is 289 g/mol. The van der Waals surface area contributed by atoms with Crippen LogP contribution in [0.15, 0.2) is 24.3 Å². The first kappa shape index (κ1) is 17.0. The molecule has 0 saturated heterocycles. The Hall–Kier alpha value is -1.07. The number of rotatable bonds is 6. The van der Waals surface area contributed by atoms with Gasteiger partial charge >= 0.3 is 6.18 Å². The van der Waals surface area contributed by atoms with Crippen LogP contribution >= 0.6 is 0 Å². The summed E-state index contributed by atoms with van der Waals surface area (Å²) in [5.74, 6) is -0.0272. The molecule has 0 bridgehead atoms. The van der Waals surface area contributed by atoms with E-state index in [1.54, 1.807) is 6.07 Å². The zero-order chi connectivity index (χ0) is 15.3. The van der Waals surface area contributed by atoms with Crippen LogP contribution in [0.1, 0.15) is 43.7 Å². The molecular formula is C15H22F3NO. The Morgan fingerprint density at radius 3 is 2.35 bits per heavy atom. The molecule has 0 heterocycles. The highest BCUT2D eigenvalue weighted by atomic mass is 19.4. The van der Waals surface area contributed by atoms with Gasteiger partial charge in [-0.15, -0.1) is 0 Å². The van der Waals surface area contributed by atoms with Gasteiger partial charge in [0.25, 0.3) is 0 Å². The number of nitrogens with two attached hydrogens (primary N) is 1. The quantitative estimate of drug-likeness (QED) is 0.841. The minimum absolute atomic E-state index is 0.126. The van der Waals surface area contributed by atoms with Crippen LogP contribution in [0, 0.1) is 5.92 Å². The van der Waals surface area contributed by atoms with E-state index in [1.807, 2.05) is 13.8 Å². The van der Waals surface area contributed by atoms with Crippen molar-refractivity contribution in [1.29, 1.82) is 0 Å². The number of hydrogen-bond donors (Lipinski definition) is 2. The number of hydrogen-bond acceptors (Lipinski definition) is 2. The molecule has 0 aromatic heterocycles. The zero-order valence-corrected chi connectivity index (χ0v) is 11.8. The van der Waals surface area contributed by atoms with Crippen LogP contribution in [0.5, 0.6) is 0 Å². The fourth-order valence-corrected chi connectivity index (χ4v) is 2.17. The average molecular weight is 289 g/mol. The topological polar surface area (TPSA) is 46.2 Å². The van der Waals surface area contributed by atoms with E-state index in [1.165, 1.54) is 6.07 Å². The van der Waals surface area contributed by atoms with Crippen molar-refractivity contribution in [3.05, 3.63) is 35.4 Å². The van der Waals surface area contributed by atoms with Gasteiger partial charge < -0.3 is 10.8 Å². The Morgan fingerprint density at radius 2 is 1.85 bits per heavy atom. The van der Waals surface area contributed by atoms with Crippen LogP contribution in [0.25, 0.3) is 0 Å². The number of aliphatic hydroxyl groups excluding tert-OH is 1. The smallest absolute Gasteiger partial charge is 0.392 e. The molecule has 2 atom stereocenters. The van der Waals surface area contributed by atoms with Crippen LogP contribution in [-0.4, -0.2) is 17.8 Å². The molecule has 1 rings (SSSR count). The fourth-order valence-electron chi connectivity index (χ4n) is 2.17. The second-order valence-corrected chi connectivity index (χ2v) is 5.50. The van der Waals surface area contributed by atoms with Crippen LogP contribution < -0.4 is 5.73 Å². The van der Waals surface area contributed by atoms with Crippen molar-refractivity contribution >= 4 is 0 Å². The molecule has 0 radical (unpaired) electrons. The summed E-state index contributed by atoms with van der Waals surface area (Å²) in [6.07, 6.45) is -3.74. The summed E-state index contributed by atoms with van der Waals surface area (Å²) in [6, 6.07) is 5.05. The lowest BCUT2D eigenvalue weighted by atomic mass is 9.88. The number of alkyl halides is 3. The largest absolute Gasteiger partial charge is 0.416 e. The third-order valence-electron chi connectivity index (χ3n) is 3.40. The molecule has 5 heteroatoms. The summed E-state index contributed by atoms with van der Waals surface area (Å²) >= 11 is 0. The van der Waals surface area contributed by atoms with E-state index in [2.05, 4.69) is 0 Å². The number of benzene rings is 1. The lowest BCUT2D eigenvalue weighted by Crippen LogP contribution is -2.26. The standard InChI is InChI=1S/C15H22F3NO/c1-10(2)6-7-14(20)13(9-19)11-4-3-5-12(8-11)15(16,17)18/h3-5,8,10,13-14,20H,6-7,9,19H2,1-2H3. The minimum atomic E-state index is -4.38. The Morgan fingerprint density at radius 1 is 1.20 bits per heavy atom. The van der Waals surface area contributed by atoms with Gasteiger partial charge in [0.05, 0.1) is 11.7 Å². The molecule has 0 aliphatic carbocycles. The van der Waals surface area contributed by atoms with E-state index >= 15 is 0 Å². The molecule has 2 nitrogen and oxygen atoms in total. The van der Waals surface area contributed by atoms with Crippen molar-refractivity contribution in [1.82, 2.24) is 0 Å². The predicted molar refractivity (Wildman–Crippen MR) is 73.3 cm³/mol. The summed E-state index contributed by atoms with van der Waals surface area (Å²) in [5.41, 5.74) is 5.37. The summed E-state index contributed by atoms with van der Waals surface area (Å²) < 4.78 is 38.1. The van der Waals surface area contributed by atoms with Crippen molar-refractivity contribution in [2.45, 2.75) is 44.9 Å². The zero-order valence-electron chi connectivity index (χ0n) is 11.8. The molecule has 1 aromatic carbocycles. The SMILES string of the molecule is CC(C)CCC(O)C(CN)c1cccc(C(F)(F)F)c1. The Balaban J connectivity index is 2.89. The predicted octanol–water partition coefficient (Wildman–Crippen LogP) is 3.54. The molecule has 1 aromatic rings. The van der Waals surface area contributed by atoms with Gasteiger partial charge in [-0.25, -0.2) is 0 Å². The van der Waals surface area contributed by atoms with E-state index in [9.17, 15) is 18.3 Å². The van der Waals surface area contributed by atoms with E-state index in [0.29, 0.717) is 17.9 Å². The summed E-state index contributed by atoms with van der Waals surface area (Å²) in [5, 5.41) is 10.1. The fraction of sp³-hybridized carbons (Fsp3) is 0.600. The molecule has 2 unspecified atom stereocenters. The maximum atomic E-state index is 12.7. The maximum Gasteiger partial charge on any atom is 0.416 e. The second-order valence-electron chi connectivity index (χ2n) is 5.50. The molecule has 0 spiro atoms. The first-order chi connectivity index (χ1) is 9.25. The number of aliphatic hydroxyl groups is 1. The van der Waals surface area contributed by atoms with Crippen molar-refractivity contribution < 1.29 is 18.3 Å². The molecule has 0 fully saturated rings. The summed E-state index contributed by atoms with van der Waals surface area (Å²) in [6.45, 7) is 4.20. The Labute approximate surface area is 117 Å². The molecule has 114 valence electrons. The van der Waals surface area contributed by atoms with Gasteiger partial charge in [-0.1, -0.05) is 32.0 Å². The highest BCUT2D eigenvalue weighted by Gasteiger charge is 2.31. The van der Waals surface area contributed by atoms with E-state index in [4.69, 9.17) is 5.73 Å². The van der Waals surface area contributed by atoms with Gasteiger partial charge in [-0.3, -0.25) is 0 Å². The summed E-state index contributed by atoms with van der Waals surface area (Å²) in [4.78, 5) is 0. The van der Waals surface area contributed by atoms with E-state index in [0.717, 1.165) is 18.6 Å². The minimum Gasteiger partial charge on any atom is -0.392 e. The third kappa shape index (κ3) is 4.80. The van der Waals surface area contributed by atoms with Gasteiger partial charge in [-0.05, 0) is 30.4 Å². The van der Waals surface area contributed by atoms with Gasteiger partial charge in [-0.2, -0.15) is 13.2 Å². The molecule has 20 heavy (non-hydrogen) atoms. The van der Waals surface area contributed by atoms with E-state index in [-0.39, 0.29) is 6.54 Å². The summed E-state index contributed by atoms with van der Waals surface area (Å²) in [7, 11) is 0. The van der Waals surface area contributed by atoms with Crippen LogP contribution in [0.3, 0.4) is 0 Å². The molecule has 0 saturated carbocycles. The highest BCUT2D eigenvalue weighted by molar-refractivity contribution is 5.29.